The molecule has 1 heterocycles. The molecule has 1 aliphatic rings. The van der Waals surface area contributed by atoms with Crippen LogP contribution >= 0.6 is 0 Å². The Bertz CT molecular complexity index is 92.9. The monoisotopic (exact) mass is 128 g/mol. The molecule has 2 N–H and O–H groups in total. The van der Waals surface area contributed by atoms with Crippen molar-refractivity contribution in [3.05, 3.63) is 0 Å². The van der Waals surface area contributed by atoms with Gasteiger partial charge in [-0.3, -0.25) is 0 Å². The van der Waals surface area contributed by atoms with Crippen molar-refractivity contribution in [2.75, 3.05) is 20.1 Å². The van der Waals surface area contributed by atoms with Crippen LogP contribution in [0.5, 0.6) is 0 Å². The summed E-state index contributed by atoms with van der Waals surface area (Å²) in [6.07, 6.45) is 1.16. The lowest BCUT2D eigenvalue weighted by atomic mass is 9.95. The van der Waals surface area contributed by atoms with Gasteiger partial charge in [0, 0.05) is 12.6 Å². The highest BCUT2D eigenvalue weighted by Crippen LogP contribution is 2.12. The van der Waals surface area contributed by atoms with Gasteiger partial charge in [-0.1, -0.05) is 6.92 Å². The van der Waals surface area contributed by atoms with E-state index >= 15 is 0 Å². The Labute approximate surface area is 57.0 Å². The molecule has 0 unspecified atom stereocenters. The van der Waals surface area contributed by atoms with Gasteiger partial charge in [-0.25, -0.2) is 0 Å². The number of hydrogen-bond acceptors (Lipinski definition) is 2. The summed E-state index contributed by atoms with van der Waals surface area (Å²) in [5.74, 6) is 0.684. The number of nitrogens with two attached hydrogens (primary N) is 1. The van der Waals surface area contributed by atoms with Crippen molar-refractivity contribution in [1.82, 2.24) is 4.90 Å². The van der Waals surface area contributed by atoms with Crippen molar-refractivity contribution in [2.45, 2.75) is 19.4 Å². The summed E-state index contributed by atoms with van der Waals surface area (Å²) in [7, 11) is 2.16. The minimum absolute atomic E-state index is 0.446. The first kappa shape index (κ1) is 7.03. The van der Waals surface area contributed by atoms with E-state index in [1.807, 2.05) is 0 Å². The molecule has 0 spiro atoms. The highest BCUT2D eigenvalue weighted by atomic mass is 15.1. The van der Waals surface area contributed by atoms with Crippen molar-refractivity contribution in [3.8, 4) is 0 Å². The Morgan fingerprint density at radius 2 is 2.22 bits per heavy atom. The van der Waals surface area contributed by atoms with Crippen LogP contribution in [0, 0.1) is 5.92 Å². The molecule has 0 aromatic heterocycles. The third kappa shape index (κ3) is 1.66. The van der Waals surface area contributed by atoms with E-state index in [2.05, 4.69) is 18.9 Å². The standard InChI is InChI=1S/C7H16N2/c1-6-5-9(2)4-3-7(6)8/h6-7H,3-5,8H2,1-2H3/t6-,7-/m1/s1. The van der Waals surface area contributed by atoms with E-state index in [-0.39, 0.29) is 0 Å². The molecule has 1 rings (SSSR count). The third-order valence-corrected chi connectivity index (χ3v) is 2.17. The molecule has 0 aliphatic carbocycles. The van der Waals surface area contributed by atoms with Crippen molar-refractivity contribution in [3.63, 3.8) is 0 Å². The lowest BCUT2D eigenvalue weighted by molar-refractivity contribution is 0.197. The first-order valence-corrected chi connectivity index (χ1v) is 3.64. The highest BCUT2D eigenvalue weighted by molar-refractivity contribution is 4.77. The fourth-order valence-electron chi connectivity index (χ4n) is 1.37. The van der Waals surface area contributed by atoms with Gasteiger partial charge in [-0.05, 0) is 25.9 Å². The second-order valence-electron chi connectivity index (χ2n) is 3.19. The van der Waals surface area contributed by atoms with Gasteiger partial charge in [0.2, 0.25) is 0 Å². The fourth-order valence-corrected chi connectivity index (χ4v) is 1.37. The van der Waals surface area contributed by atoms with Crippen molar-refractivity contribution in [1.29, 1.82) is 0 Å². The van der Waals surface area contributed by atoms with Crippen LogP contribution in [0.4, 0.5) is 0 Å². The van der Waals surface area contributed by atoms with Crippen LogP contribution < -0.4 is 5.73 Å². The van der Waals surface area contributed by atoms with Gasteiger partial charge < -0.3 is 10.6 Å². The maximum atomic E-state index is 5.81. The first-order chi connectivity index (χ1) is 4.20. The first-order valence-electron chi connectivity index (χ1n) is 3.64. The minimum Gasteiger partial charge on any atom is -0.327 e. The maximum absolute atomic E-state index is 5.81. The van der Waals surface area contributed by atoms with Crippen molar-refractivity contribution < 1.29 is 0 Å². The summed E-state index contributed by atoms with van der Waals surface area (Å²) in [6.45, 7) is 4.56. The van der Waals surface area contributed by atoms with E-state index in [0.717, 1.165) is 6.42 Å². The van der Waals surface area contributed by atoms with Crippen LogP contribution in [-0.2, 0) is 0 Å². The lowest BCUT2D eigenvalue weighted by Gasteiger charge is -2.32. The second kappa shape index (κ2) is 2.67. The van der Waals surface area contributed by atoms with E-state index in [9.17, 15) is 0 Å². The Hall–Kier alpha value is -0.0800. The largest absolute Gasteiger partial charge is 0.327 e. The van der Waals surface area contributed by atoms with Crippen LogP contribution in [0.2, 0.25) is 0 Å². The van der Waals surface area contributed by atoms with Gasteiger partial charge in [0.05, 0.1) is 0 Å². The molecular weight excluding hydrogens is 112 g/mol. The summed E-state index contributed by atoms with van der Waals surface area (Å²) in [6, 6.07) is 0.446. The average Bonchev–Trinajstić information content (AvgIpc) is 1.80. The Balaban J connectivity index is 2.35. The highest BCUT2D eigenvalue weighted by Gasteiger charge is 2.19. The summed E-state index contributed by atoms with van der Waals surface area (Å²) in [5, 5.41) is 0. The Kier molecular flexibility index (Phi) is 2.09. The molecule has 0 aromatic carbocycles. The van der Waals surface area contributed by atoms with Crippen molar-refractivity contribution in [2.24, 2.45) is 11.7 Å². The molecule has 0 amide bonds. The second-order valence-corrected chi connectivity index (χ2v) is 3.19. The summed E-state index contributed by atoms with van der Waals surface area (Å²) in [4.78, 5) is 2.34. The fraction of sp³-hybridized carbons (Fsp3) is 1.00. The minimum atomic E-state index is 0.446. The molecule has 0 bridgehead atoms. The van der Waals surface area contributed by atoms with Crippen molar-refractivity contribution >= 4 is 0 Å². The molecule has 1 aliphatic heterocycles. The predicted octanol–water partition coefficient (Wildman–Crippen LogP) is 0.285. The smallest absolute Gasteiger partial charge is 0.00888 e. The topological polar surface area (TPSA) is 29.3 Å². The van der Waals surface area contributed by atoms with Gasteiger partial charge in [0.15, 0.2) is 0 Å². The van der Waals surface area contributed by atoms with Crippen LogP contribution in [0.3, 0.4) is 0 Å². The van der Waals surface area contributed by atoms with Crippen LogP contribution in [0.1, 0.15) is 13.3 Å². The molecule has 2 atom stereocenters. The SMILES string of the molecule is C[C@@H]1CN(C)CC[C@H]1N. The Morgan fingerprint density at radius 3 is 2.67 bits per heavy atom. The molecule has 2 heteroatoms. The quantitative estimate of drug-likeness (QED) is 0.508. The number of hydrogen-bond donors (Lipinski definition) is 1. The summed E-state index contributed by atoms with van der Waals surface area (Å²) in [5.41, 5.74) is 5.81. The molecule has 1 saturated heterocycles. The lowest BCUT2D eigenvalue weighted by Crippen LogP contribution is -2.44. The number of piperidine rings is 1. The molecule has 54 valence electrons. The average molecular weight is 128 g/mol. The number of likely N-dealkylation sites (tertiary alicyclic amines) is 1. The van der Waals surface area contributed by atoms with E-state index in [0.29, 0.717) is 12.0 Å². The maximum Gasteiger partial charge on any atom is 0.00888 e. The third-order valence-electron chi connectivity index (χ3n) is 2.17. The Morgan fingerprint density at radius 1 is 1.56 bits per heavy atom. The van der Waals surface area contributed by atoms with Gasteiger partial charge in [-0.2, -0.15) is 0 Å². The van der Waals surface area contributed by atoms with Gasteiger partial charge in [-0.15, -0.1) is 0 Å². The van der Waals surface area contributed by atoms with Crippen LogP contribution in [0.25, 0.3) is 0 Å². The van der Waals surface area contributed by atoms with Gasteiger partial charge >= 0.3 is 0 Å². The van der Waals surface area contributed by atoms with E-state index in [1.165, 1.54) is 13.1 Å². The molecule has 9 heavy (non-hydrogen) atoms. The molecule has 0 aromatic rings. The van der Waals surface area contributed by atoms with Crippen LogP contribution in [-0.4, -0.2) is 31.1 Å². The van der Waals surface area contributed by atoms with E-state index in [4.69, 9.17) is 5.73 Å². The van der Waals surface area contributed by atoms with E-state index < -0.39 is 0 Å². The number of nitrogens with zero attached hydrogens (tertiary/aromatic N) is 1. The molecule has 1 fully saturated rings. The molecule has 0 radical (unpaired) electrons. The molecule has 0 saturated carbocycles. The van der Waals surface area contributed by atoms with Gasteiger partial charge in [0.25, 0.3) is 0 Å². The number of rotatable bonds is 0. The summed E-state index contributed by atoms with van der Waals surface area (Å²) < 4.78 is 0. The zero-order chi connectivity index (χ0) is 6.85. The predicted molar refractivity (Wildman–Crippen MR) is 39.3 cm³/mol. The van der Waals surface area contributed by atoms with E-state index in [1.54, 1.807) is 0 Å². The zero-order valence-electron chi connectivity index (χ0n) is 6.30. The van der Waals surface area contributed by atoms with Gasteiger partial charge in [0.1, 0.15) is 0 Å². The zero-order valence-corrected chi connectivity index (χ0v) is 6.30. The van der Waals surface area contributed by atoms with Crippen LogP contribution in [0.15, 0.2) is 0 Å². The molecular formula is C7H16N2. The normalized spacial score (nSPS) is 39.0. The molecule has 2 nitrogen and oxygen atoms in total. The summed E-state index contributed by atoms with van der Waals surface area (Å²) >= 11 is 0.